The van der Waals surface area contributed by atoms with E-state index in [0.717, 1.165) is 16.5 Å². The monoisotopic (exact) mass is 482 g/mol. The third-order valence-electron chi connectivity index (χ3n) is 5.03. The third kappa shape index (κ3) is 4.93. The third-order valence-corrected chi connectivity index (χ3v) is 7.02. The summed E-state index contributed by atoms with van der Waals surface area (Å²) in [5, 5.41) is -0.799. The van der Waals surface area contributed by atoms with Crippen LogP contribution in [0.1, 0.15) is 19.4 Å². The van der Waals surface area contributed by atoms with Crippen molar-refractivity contribution in [2.75, 3.05) is 0 Å². The Labute approximate surface area is 185 Å². The molecule has 0 N–H and O–H groups in total. The summed E-state index contributed by atoms with van der Waals surface area (Å²) < 4.78 is 44.0. The zero-order chi connectivity index (χ0) is 21.6. The van der Waals surface area contributed by atoms with Crippen molar-refractivity contribution < 1.29 is 22.7 Å². The maximum atomic E-state index is 12.7. The van der Waals surface area contributed by atoms with E-state index in [4.69, 9.17) is 39.5 Å². The van der Waals surface area contributed by atoms with Gasteiger partial charge in [-0.25, -0.2) is 0 Å². The van der Waals surface area contributed by atoms with Gasteiger partial charge in [0.25, 0.3) is 0 Å². The molecule has 0 spiro atoms. The van der Waals surface area contributed by atoms with Crippen LogP contribution in [0, 0.1) is 17.3 Å². The van der Waals surface area contributed by atoms with E-state index >= 15 is 0 Å². The number of halogens is 6. The fourth-order valence-electron chi connectivity index (χ4n) is 3.24. The second kappa shape index (κ2) is 8.14. The van der Waals surface area contributed by atoms with Gasteiger partial charge < -0.3 is 4.74 Å². The fourth-order valence-corrected chi connectivity index (χ4v) is 4.59. The lowest BCUT2D eigenvalue weighted by Gasteiger charge is -2.09. The Kier molecular flexibility index (Phi) is 6.31. The van der Waals surface area contributed by atoms with E-state index in [9.17, 15) is 18.0 Å². The van der Waals surface area contributed by atoms with Crippen LogP contribution in [0.5, 0.6) is 0 Å². The average molecular weight is 484 g/mol. The zero-order valence-electron chi connectivity index (χ0n) is 15.3. The summed E-state index contributed by atoms with van der Waals surface area (Å²) in [7, 11) is 0. The number of hydrogen-bond acceptors (Lipinski definition) is 3. The maximum absolute atomic E-state index is 12.7. The number of esters is 1. The second-order valence-corrected chi connectivity index (χ2v) is 9.88. The Morgan fingerprint density at radius 3 is 2.52 bits per heavy atom. The van der Waals surface area contributed by atoms with Gasteiger partial charge in [-0.05, 0) is 41.2 Å². The molecule has 2 nitrogen and oxygen atoms in total. The molecule has 0 saturated heterocycles. The van der Waals surface area contributed by atoms with Crippen LogP contribution < -0.4 is 0 Å². The molecule has 0 aliphatic heterocycles. The molecule has 1 aliphatic carbocycles. The molecule has 1 aliphatic rings. The summed E-state index contributed by atoms with van der Waals surface area (Å²) in [5.41, 5.74) is 0.810. The predicted octanol–water partition coefficient (Wildman–Crippen LogP) is 7.72. The van der Waals surface area contributed by atoms with E-state index in [1.807, 2.05) is 12.1 Å². The molecule has 1 heterocycles. The van der Waals surface area contributed by atoms with Gasteiger partial charge in [-0.1, -0.05) is 60.8 Å². The SMILES string of the molecule is CC1(C)C(/C=C(\Cl)C(F)(F)F)[C@H]1C(=O)OCc1cc(-c2ccc(Cl)s2)ccc1Cl. The van der Waals surface area contributed by atoms with Gasteiger partial charge in [0.1, 0.15) is 11.6 Å². The van der Waals surface area contributed by atoms with Crippen LogP contribution in [0.3, 0.4) is 0 Å². The first-order chi connectivity index (χ1) is 13.4. The van der Waals surface area contributed by atoms with Gasteiger partial charge in [-0.15, -0.1) is 11.3 Å². The number of carbonyl (C=O) groups is 1. The fraction of sp³-hybridized carbons (Fsp3) is 0.350. The summed E-state index contributed by atoms with van der Waals surface area (Å²) in [5.74, 6) is -1.92. The first-order valence-corrected chi connectivity index (χ1v) is 10.5. The normalized spacial score (nSPS) is 21.2. The topological polar surface area (TPSA) is 26.3 Å². The molecular formula is C20H16Cl3F3O2S. The number of carbonyl (C=O) groups excluding carboxylic acids is 1. The lowest BCUT2D eigenvalue weighted by atomic mass is 10.1. The number of allylic oxidation sites excluding steroid dienone is 2. The van der Waals surface area contributed by atoms with Gasteiger partial charge in [-0.2, -0.15) is 13.2 Å². The summed E-state index contributed by atoms with van der Waals surface area (Å²) in [6.07, 6.45) is -3.74. The Balaban J connectivity index is 1.70. The number of benzene rings is 1. The predicted molar refractivity (Wildman–Crippen MR) is 110 cm³/mol. The van der Waals surface area contributed by atoms with Crippen molar-refractivity contribution >= 4 is 52.1 Å². The summed E-state index contributed by atoms with van der Waals surface area (Å²) in [4.78, 5) is 13.4. The number of thiophene rings is 1. The van der Waals surface area contributed by atoms with Crippen LogP contribution in [0.15, 0.2) is 41.4 Å². The molecule has 29 heavy (non-hydrogen) atoms. The van der Waals surface area contributed by atoms with Gasteiger partial charge in [-0.3, -0.25) is 4.79 Å². The first kappa shape index (κ1) is 22.5. The van der Waals surface area contributed by atoms with Gasteiger partial charge in [0.05, 0.1) is 10.3 Å². The Morgan fingerprint density at radius 1 is 1.24 bits per heavy atom. The summed E-state index contributed by atoms with van der Waals surface area (Å²) >= 11 is 18.9. The molecule has 3 rings (SSSR count). The lowest BCUT2D eigenvalue weighted by molar-refractivity contribution is -0.147. The van der Waals surface area contributed by atoms with E-state index in [0.29, 0.717) is 14.9 Å². The van der Waals surface area contributed by atoms with Crippen LogP contribution in [0.2, 0.25) is 9.36 Å². The smallest absolute Gasteiger partial charge is 0.426 e. The highest BCUT2D eigenvalue weighted by Crippen LogP contribution is 2.60. The number of rotatable bonds is 5. The van der Waals surface area contributed by atoms with Crippen molar-refractivity contribution in [3.05, 3.63) is 56.4 Å². The molecule has 0 amide bonds. The lowest BCUT2D eigenvalue weighted by Crippen LogP contribution is -2.11. The first-order valence-electron chi connectivity index (χ1n) is 8.56. The zero-order valence-corrected chi connectivity index (χ0v) is 18.4. The van der Waals surface area contributed by atoms with E-state index in [1.54, 1.807) is 32.0 Å². The molecule has 0 radical (unpaired) electrons. The number of alkyl halides is 3. The van der Waals surface area contributed by atoms with Gasteiger partial charge in [0, 0.05) is 15.5 Å². The van der Waals surface area contributed by atoms with Gasteiger partial charge >= 0.3 is 12.1 Å². The molecule has 1 fully saturated rings. The second-order valence-electron chi connectivity index (χ2n) is 7.35. The highest BCUT2D eigenvalue weighted by molar-refractivity contribution is 7.19. The minimum atomic E-state index is -4.63. The molecule has 1 aromatic heterocycles. The quantitative estimate of drug-likeness (QED) is 0.407. The summed E-state index contributed by atoms with van der Waals surface area (Å²) in [6.45, 7) is 3.32. The molecule has 156 valence electrons. The minimum Gasteiger partial charge on any atom is -0.461 e. The molecule has 2 atom stereocenters. The van der Waals surface area contributed by atoms with Crippen molar-refractivity contribution in [3.8, 4) is 10.4 Å². The van der Waals surface area contributed by atoms with E-state index in [-0.39, 0.29) is 6.61 Å². The standard InChI is InChI=1S/C20H16Cl3F3O2S/c1-19(2)12(8-15(22)20(24,25)26)17(19)18(27)28-9-11-7-10(3-4-13(11)21)14-5-6-16(23)29-14/h3-8,12,17H,9H2,1-2H3/b15-8-/t12?,17-/m0/s1. The van der Waals surface area contributed by atoms with Crippen molar-refractivity contribution in [1.82, 2.24) is 0 Å². The number of hydrogen-bond donors (Lipinski definition) is 0. The van der Waals surface area contributed by atoms with Crippen LogP contribution in [-0.4, -0.2) is 12.1 Å². The number of ether oxygens (including phenoxy) is 1. The van der Waals surface area contributed by atoms with E-state index in [2.05, 4.69) is 0 Å². The Bertz CT molecular complexity index is 966. The van der Waals surface area contributed by atoms with Crippen LogP contribution in [-0.2, 0) is 16.1 Å². The molecular weight excluding hydrogens is 468 g/mol. The minimum absolute atomic E-state index is 0.0827. The van der Waals surface area contributed by atoms with E-state index < -0.39 is 34.4 Å². The molecule has 0 bridgehead atoms. The Morgan fingerprint density at radius 2 is 1.93 bits per heavy atom. The van der Waals surface area contributed by atoms with E-state index in [1.165, 1.54) is 11.3 Å². The summed E-state index contributed by atoms with van der Waals surface area (Å²) in [6, 6.07) is 8.99. The van der Waals surface area contributed by atoms with Gasteiger partial charge in [0.2, 0.25) is 0 Å². The molecule has 1 saturated carbocycles. The molecule has 2 aromatic rings. The molecule has 1 aromatic carbocycles. The maximum Gasteiger partial charge on any atom is 0.426 e. The van der Waals surface area contributed by atoms with Crippen molar-refractivity contribution in [2.45, 2.75) is 26.6 Å². The largest absolute Gasteiger partial charge is 0.461 e. The van der Waals surface area contributed by atoms with Gasteiger partial charge in [0.15, 0.2) is 0 Å². The highest BCUT2D eigenvalue weighted by atomic mass is 35.5. The van der Waals surface area contributed by atoms with Crippen molar-refractivity contribution in [1.29, 1.82) is 0 Å². The van der Waals surface area contributed by atoms with Crippen molar-refractivity contribution in [3.63, 3.8) is 0 Å². The van der Waals surface area contributed by atoms with Crippen LogP contribution in [0.25, 0.3) is 10.4 Å². The molecule has 9 heteroatoms. The highest BCUT2D eigenvalue weighted by Gasteiger charge is 2.62. The van der Waals surface area contributed by atoms with Crippen LogP contribution >= 0.6 is 46.1 Å². The Hall–Kier alpha value is -1.21. The molecule has 1 unspecified atom stereocenters. The van der Waals surface area contributed by atoms with Crippen molar-refractivity contribution in [2.24, 2.45) is 17.3 Å². The average Bonchev–Trinajstić information content (AvgIpc) is 2.94. The van der Waals surface area contributed by atoms with Crippen LogP contribution in [0.4, 0.5) is 13.2 Å².